The first-order valence-electron chi connectivity index (χ1n) is 8.12. The smallest absolute Gasteiger partial charge is 0.0806 e. The summed E-state index contributed by atoms with van der Waals surface area (Å²) in [6.07, 6.45) is 10.9. The van der Waals surface area contributed by atoms with Crippen LogP contribution in [0.1, 0.15) is 65.2 Å². The van der Waals surface area contributed by atoms with Crippen molar-refractivity contribution in [1.82, 2.24) is 5.32 Å². The summed E-state index contributed by atoms with van der Waals surface area (Å²) in [5.74, 6) is 1.85. The van der Waals surface area contributed by atoms with Gasteiger partial charge in [-0.05, 0) is 56.9 Å². The van der Waals surface area contributed by atoms with Crippen LogP contribution in [0.2, 0.25) is 0 Å². The van der Waals surface area contributed by atoms with Crippen LogP contribution in [-0.2, 0) is 4.74 Å². The van der Waals surface area contributed by atoms with Gasteiger partial charge < -0.3 is 10.1 Å². The van der Waals surface area contributed by atoms with Crippen LogP contribution in [0.25, 0.3) is 0 Å². The first-order valence-corrected chi connectivity index (χ1v) is 8.12. The second-order valence-corrected chi connectivity index (χ2v) is 6.45. The summed E-state index contributed by atoms with van der Waals surface area (Å²) in [7, 11) is 0. The van der Waals surface area contributed by atoms with E-state index in [4.69, 9.17) is 4.74 Å². The van der Waals surface area contributed by atoms with Gasteiger partial charge in [0.1, 0.15) is 0 Å². The van der Waals surface area contributed by atoms with Crippen LogP contribution < -0.4 is 5.32 Å². The number of rotatable bonds is 8. The van der Waals surface area contributed by atoms with Gasteiger partial charge in [0.25, 0.3) is 0 Å². The molecule has 2 heteroatoms. The highest BCUT2D eigenvalue weighted by Crippen LogP contribution is 2.38. The van der Waals surface area contributed by atoms with Crippen molar-refractivity contribution in [2.75, 3.05) is 19.7 Å². The largest absolute Gasteiger partial charge is 0.373 e. The summed E-state index contributed by atoms with van der Waals surface area (Å²) in [4.78, 5) is 0. The normalized spacial score (nSPS) is 32.7. The molecule has 2 aliphatic rings. The molecule has 0 unspecified atom stereocenters. The van der Waals surface area contributed by atoms with Crippen LogP contribution in [0.4, 0.5) is 0 Å². The maximum atomic E-state index is 6.36. The topological polar surface area (TPSA) is 21.3 Å². The molecule has 2 saturated carbocycles. The van der Waals surface area contributed by atoms with Crippen LogP contribution in [-0.4, -0.2) is 25.3 Å². The molecule has 0 spiro atoms. The average molecular weight is 253 g/mol. The van der Waals surface area contributed by atoms with Gasteiger partial charge in [0.15, 0.2) is 0 Å². The molecule has 106 valence electrons. The van der Waals surface area contributed by atoms with Gasteiger partial charge in [-0.15, -0.1) is 0 Å². The van der Waals surface area contributed by atoms with Crippen molar-refractivity contribution >= 4 is 0 Å². The van der Waals surface area contributed by atoms with Gasteiger partial charge in [-0.3, -0.25) is 0 Å². The number of ether oxygens (including phenoxy) is 1. The molecule has 0 saturated heterocycles. The lowest BCUT2D eigenvalue weighted by molar-refractivity contribution is -0.0807. The first-order chi connectivity index (χ1) is 8.78. The third kappa shape index (κ3) is 4.24. The molecule has 2 aliphatic carbocycles. The van der Waals surface area contributed by atoms with E-state index in [1.807, 2.05) is 0 Å². The molecule has 0 aromatic heterocycles. The number of hydrogen-bond donors (Lipinski definition) is 1. The Morgan fingerprint density at radius 2 is 1.78 bits per heavy atom. The van der Waals surface area contributed by atoms with Crippen molar-refractivity contribution in [1.29, 1.82) is 0 Å². The Morgan fingerprint density at radius 3 is 2.33 bits per heavy atom. The molecule has 0 atom stereocenters. The van der Waals surface area contributed by atoms with E-state index in [-0.39, 0.29) is 5.60 Å². The Morgan fingerprint density at radius 1 is 1.06 bits per heavy atom. The van der Waals surface area contributed by atoms with Gasteiger partial charge >= 0.3 is 0 Å². The van der Waals surface area contributed by atoms with Crippen LogP contribution in [0.5, 0.6) is 0 Å². The third-order valence-electron chi connectivity index (χ3n) is 4.73. The van der Waals surface area contributed by atoms with Crippen LogP contribution in [0.15, 0.2) is 0 Å². The summed E-state index contributed by atoms with van der Waals surface area (Å²) >= 11 is 0. The highest BCUT2D eigenvalue weighted by Gasteiger charge is 2.37. The Balaban J connectivity index is 1.80. The van der Waals surface area contributed by atoms with Gasteiger partial charge in [-0.2, -0.15) is 0 Å². The lowest BCUT2D eigenvalue weighted by Crippen LogP contribution is -2.46. The summed E-state index contributed by atoms with van der Waals surface area (Å²) in [6.45, 7) is 7.65. The van der Waals surface area contributed by atoms with Gasteiger partial charge in [0.05, 0.1) is 12.2 Å². The molecule has 0 amide bonds. The second-order valence-electron chi connectivity index (χ2n) is 6.45. The SMILES string of the molecule is CCCC1CCC(CNCC)(OCC2CC2)CC1. The molecule has 1 N–H and O–H groups in total. The minimum Gasteiger partial charge on any atom is -0.373 e. The Bertz CT molecular complexity index is 229. The molecule has 0 aromatic carbocycles. The number of likely N-dealkylation sites (N-methyl/N-ethyl adjacent to an activating group) is 1. The Hall–Kier alpha value is -0.0800. The number of nitrogens with one attached hydrogen (secondary N) is 1. The van der Waals surface area contributed by atoms with Crippen molar-refractivity contribution in [3.63, 3.8) is 0 Å². The molecular formula is C16H31NO. The molecular weight excluding hydrogens is 222 g/mol. The molecule has 2 rings (SSSR count). The van der Waals surface area contributed by atoms with Crippen molar-refractivity contribution < 1.29 is 4.74 Å². The standard InChI is InChI=1S/C16H31NO/c1-3-5-14-8-10-16(11-9-14,13-17-4-2)18-12-15-6-7-15/h14-15,17H,3-13H2,1-2H3. The van der Waals surface area contributed by atoms with Crippen LogP contribution in [0.3, 0.4) is 0 Å². The summed E-state index contributed by atoms with van der Waals surface area (Å²) in [6, 6.07) is 0. The molecule has 0 radical (unpaired) electrons. The Labute approximate surface area is 113 Å². The highest BCUT2D eigenvalue weighted by atomic mass is 16.5. The highest BCUT2D eigenvalue weighted by molar-refractivity contribution is 4.90. The average Bonchev–Trinajstić information content (AvgIpc) is 3.21. The van der Waals surface area contributed by atoms with E-state index in [2.05, 4.69) is 19.2 Å². The van der Waals surface area contributed by atoms with Gasteiger partial charge in [-0.1, -0.05) is 26.7 Å². The fourth-order valence-electron chi connectivity index (χ4n) is 3.20. The molecule has 0 aliphatic heterocycles. The summed E-state index contributed by atoms with van der Waals surface area (Å²) < 4.78 is 6.36. The maximum Gasteiger partial charge on any atom is 0.0806 e. The van der Waals surface area contributed by atoms with E-state index in [0.29, 0.717) is 0 Å². The lowest BCUT2D eigenvalue weighted by atomic mass is 9.77. The lowest BCUT2D eigenvalue weighted by Gasteiger charge is -2.40. The summed E-state index contributed by atoms with van der Waals surface area (Å²) in [5.41, 5.74) is 0.169. The molecule has 18 heavy (non-hydrogen) atoms. The van der Waals surface area contributed by atoms with E-state index in [1.165, 1.54) is 51.4 Å². The zero-order valence-corrected chi connectivity index (χ0v) is 12.3. The molecule has 0 heterocycles. The fourth-order valence-corrected chi connectivity index (χ4v) is 3.20. The van der Waals surface area contributed by atoms with Crippen molar-refractivity contribution in [2.24, 2.45) is 11.8 Å². The minimum atomic E-state index is 0.169. The van der Waals surface area contributed by atoms with E-state index in [1.54, 1.807) is 0 Å². The first kappa shape index (κ1) is 14.3. The fraction of sp³-hybridized carbons (Fsp3) is 1.00. The zero-order valence-electron chi connectivity index (χ0n) is 12.3. The zero-order chi connectivity index (χ0) is 12.8. The van der Waals surface area contributed by atoms with E-state index < -0.39 is 0 Å². The second kappa shape index (κ2) is 6.91. The van der Waals surface area contributed by atoms with E-state index in [0.717, 1.165) is 31.5 Å². The molecule has 0 bridgehead atoms. The van der Waals surface area contributed by atoms with Gasteiger partial charge in [0, 0.05) is 6.54 Å². The molecule has 2 nitrogen and oxygen atoms in total. The van der Waals surface area contributed by atoms with Gasteiger partial charge in [-0.25, -0.2) is 0 Å². The predicted molar refractivity (Wildman–Crippen MR) is 76.8 cm³/mol. The maximum absolute atomic E-state index is 6.36. The van der Waals surface area contributed by atoms with Crippen molar-refractivity contribution in [3.8, 4) is 0 Å². The quantitative estimate of drug-likeness (QED) is 0.711. The van der Waals surface area contributed by atoms with Gasteiger partial charge in [0.2, 0.25) is 0 Å². The molecule has 2 fully saturated rings. The van der Waals surface area contributed by atoms with Crippen LogP contribution >= 0.6 is 0 Å². The van der Waals surface area contributed by atoms with Crippen molar-refractivity contribution in [2.45, 2.75) is 70.8 Å². The summed E-state index contributed by atoms with van der Waals surface area (Å²) in [5, 5.41) is 3.52. The monoisotopic (exact) mass is 253 g/mol. The van der Waals surface area contributed by atoms with E-state index >= 15 is 0 Å². The minimum absolute atomic E-state index is 0.169. The van der Waals surface area contributed by atoms with E-state index in [9.17, 15) is 0 Å². The molecule has 0 aromatic rings. The van der Waals surface area contributed by atoms with Crippen molar-refractivity contribution in [3.05, 3.63) is 0 Å². The third-order valence-corrected chi connectivity index (χ3v) is 4.73. The Kier molecular flexibility index (Phi) is 5.50. The van der Waals surface area contributed by atoms with Crippen LogP contribution in [0, 0.1) is 11.8 Å². The predicted octanol–water partition coefficient (Wildman–Crippen LogP) is 3.75. The number of hydrogen-bond acceptors (Lipinski definition) is 2.